The molecule has 0 aromatic heterocycles. The number of methoxy groups -OCH3 is 1. The second-order valence-corrected chi connectivity index (χ2v) is 11.6. The zero-order valence-electron chi connectivity index (χ0n) is 20.8. The fourth-order valence-electron chi connectivity index (χ4n) is 4.80. The van der Waals surface area contributed by atoms with Gasteiger partial charge in [0.15, 0.2) is 0 Å². The lowest BCUT2D eigenvalue weighted by molar-refractivity contribution is -0.132. The van der Waals surface area contributed by atoms with Crippen molar-refractivity contribution in [3.63, 3.8) is 0 Å². The fraction of sp³-hybridized carbons (Fsp3) is 0.444. The summed E-state index contributed by atoms with van der Waals surface area (Å²) in [6.07, 6.45) is 0.670. The third kappa shape index (κ3) is 4.89. The predicted octanol–water partition coefficient (Wildman–Crippen LogP) is 3.54. The largest absolute Gasteiger partial charge is 0.497 e. The summed E-state index contributed by atoms with van der Waals surface area (Å²) in [5, 5.41) is 5.73. The fourth-order valence-corrected chi connectivity index (χ4v) is 6.39. The molecular weight excluding hydrogens is 462 g/mol. The van der Waals surface area contributed by atoms with Crippen LogP contribution in [0.15, 0.2) is 48.5 Å². The van der Waals surface area contributed by atoms with Crippen LogP contribution in [0.3, 0.4) is 0 Å². The Morgan fingerprint density at radius 1 is 1.11 bits per heavy atom. The summed E-state index contributed by atoms with van der Waals surface area (Å²) < 4.78 is 4.68. The molecule has 2 aliphatic heterocycles. The van der Waals surface area contributed by atoms with Crippen molar-refractivity contribution in [2.45, 2.75) is 56.3 Å². The molecule has 0 bridgehead atoms. The molecule has 2 aromatic carbocycles. The Hall–Kier alpha value is -3.00. The first-order valence-electron chi connectivity index (χ1n) is 11.9. The van der Waals surface area contributed by atoms with E-state index < -0.39 is 16.8 Å². The highest BCUT2D eigenvalue weighted by Crippen LogP contribution is 2.56. The second-order valence-electron chi connectivity index (χ2n) is 9.90. The molecule has 4 rings (SSSR count). The molecule has 2 aliphatic rings. The van der Waals surface area contributed by atoms with Crippen LogP contribution in [0.2, 0.25) is 0 Å². The summed E-state index contributed by atoms with van der Waals surface area (Å²) >= 11 is 1.61. The van der Waals surface area contributed by atoms with Crippen molar-refractivity contribution in [1.29, 1.82) is 0 Å². The van der Waals surface area contributed by atoms with Gasteiger partial charge in [-0.1, -0.05) is 44.2 Å². The summed E-state index contributed by atoms with van der Waals surface area (Å²) in [5.74, 6) is 0.0245. The lowest BCUT2D eigenvalue weighted by Gasteiger charge is -2.32. The third-order valence-electron chi connectivity index (χ3n) is 6.66. The molecule has 186 valence electrons. The van der Waals surface area contributed by atoms with E-state index in [1.54, 1.807) is 23.8 Å². The maximum Gasteiger partial charge on any atom is 0.256 e. The minimum atomic E-state index is -0.696. The molecular formula is C27H33N3O4S. The summed E-state index contributed by atoms with van der Waals surface area (Å²) in [6, 6.07) is 13.9. The maximum absolute atomic E-state index is 13.6. The van der Waals surface area contributed by atoms with Gasteiger partial charge in [-0.3, -0.25) is 14.4 Å². The van der Waals surface area contributed by atoms with Crippen molar-refractivity contribution in [2.75, 3.05) is 13.7 Å². The highest BCUT2D eigenvalue weighted by molar-refractivity contribution is 8.01. The molecule has 1 saturated heterocycles. The number of nitrogens with zero attached hydrogens (tertiary/aromatic N) is 1. The molecule has 8 heteroatoms. The molecule has 0 radical (unpaired) electrons. The van der Waals surface area contributed by atoms with Crippen molar-refractivity contribution in [3.8, 4) is 5.75 Å². The summed E-state index contributed by atoms with van der Waals surface area (Å²) in [5.41, 5.74) is 2.68. The minimum absolute atomic E-state index is 0.112. The van der Waals surface area contributed by atoms with Gasteiger partial charge >= 0.3 is 0 Å². The first kappa shape index (κ1) is 25.1. The van der Waals surface area contributed by atoms with Gasteiger partial charge in [0.05, 0.1) is 7.11 Å². The Bertz CT molecular complexity index is 1120. The Labute approximate surface area is 211 Å². The molecule has 0 aliphatic carbocycles. The van der Waals surface area contributed by atoms with Crippen molar-refractivity contribution in [1.82, 2.24) is 15.5 Å². The number of carbonyl (C=O) groups is 3. The van der Waals surface area contributed by atoms with Crippen molar-refractivity contribution < 1.29 is 19.1 Å². The first-order valence-corrected chi connectivity index (χ1v) is 12.8. The van der Waals surface area contributed by atoms with Crippen molar-refractivity contribution in [2.24, 2.45) is 5.92 Å². The van der Waals surface area contributed by atoms with Gasteiger partial charge < -0.3 is 20.3 Å². The SMILES string of the molecule is COc1ccc(CCNC(=O)[C@@H](NC(=O)[C@H]2N3C(=O)c4ccccc4C3SC2(C)C)C(C)C)cc1. The van der Waals surface area contributed by atoms with Gasteiger partial charge in [-0.2, -0.15) is 0 Å². The lowest BCUT2D eigenvalue weighted by Crippen LogP contribution is -2.58. The zero-order chi connectivity index (χ0) is 25.3. The Balaban J connectivity index is 1.42. The molecule has 7 nitrogen and oxygen atoms in total. The molecule has 3 atom stereocenters. The summed E-state index contributed by atoms with van der Waals surface area (Å²) in [6.45, 7) is 8.23. The topological polar surface area (TPSA) is 87.7 Å². The zero-order valence-corrected chi connectivity index (χ0v) is 21.6. The van der Waals surface area contributed by atoms with Gasteiger partial charge in [0.25, 0.3) is 5.91 Å². The van der Waals surface area contributed by atoms with E-state index in [-0.39, 0.29) is 29.0 Å². The molecule has 3 amide bonds. The highest BCUT2D eigenvalue weighted by atomic mass is 32.2. The second kappa shape index (κ2) is 9.93. The van der Waals surface area contributed by atoms with Crippen LogP contribution in [0.1, 0.15) is 54.6 Å². The van der Waals surface area contributed by atoms with Crippen LogP contribution in [-0.2, 0) is 16.0 Å². The van der Waals surface area contributed by atoms with Crippen LogP contribution in [0.5, 0.6) is 5.75 Å². The van der Waals surface area contributed by atoms with Crippen LogP contribution in [0.25, 0.3) is 0 Å². The van der Waals surface area contributed by atoms with Crippen LogP contribution >= 0.6 is 11.8 Å². The molecule has 0 spiro atoms. The van der Waals surface area contributed by atoms with Gasteiger partial charge in [-0.25, -0.2) is 0 Å². The standard InChI is InChI=1S/C27H33N3O4S/c1-16(2)21(23(31)28-15-14-17-10-12-18(34-5)13-11-17)29-24(32)22-27(3,4)35-26-20-9-7-6-8-19(20)25(33)30(22)26/h6-13,16,21-22,26H,14-15H2,1-5H3,(H,28,31)(H,29,32)/t21-,22+,26?/m0/s1. The molecule has 2 heterocycles. The van der Waals surface area contributed by atoms with E-state index in [4.69, 9.17) is 4.74 Å². The Morgan fingerprint density at radius 2 is 1.80 bits per heavy atom. The lowest BCUT2D eigenvalue weighted by atomic mass is 9.98. The number of hydrogen-bond donors (Lipinski definition) is 2. The molecule has 0 saturated carbocycles. The smallest absolute Gasteiger partial charge is 0.256 e. The number of hydrogen-bond acceptors (Lipinski definition) is 5. The number of rotatable bonds is 8. The number of nitrogens with one attached hydrogen (secondary N) is 2. The maximum atomic E-state index is 13.6. The summed E-state index contributed by atoms with van der Waals surface area (Å²) in [4.78, 5) is 41.5. The van der Waals surface area contributed by atoms with Gasteiger partial charge in [0.2, 0.25) is 11.8 Å². The van der Waals surface area contributed by atoms with Gasteiger partial charge in [-0.15, -0.1) is 11.8 Å². The van der Waals surface area contributed by atoms with Crippen molar-refractivity contribution >= 4 is 29.5 Å². The Morgan fingerprint density at radius 3 is 2.46 bits per heavy atom. The van der Waals surface area contributed by atoms with E-state index in [1.165, 1.54) is 0 Å². The molecule has 2 aromatic rings. The number of benzene rings is 2. The van der Waals surface area contributed by atoms with E-state index in [2.05, 4.69) is 10.6 Å². The molecule has 1 fully saturated rings. The van der Waals surface area contributed by atoms with Crippen LogP contribution < -0.4 is 15.4 Å². The third-order valence-corrected chi connectivity index (χ3v) is 8.20. The van der Waals surface area contributed by atoms with Gasteiger partial charge in [-0.05, 0) is 55.5 Å². The van der Waals surface area contributed by atoms with Gasteiger partial charge in [0, 0.05) is 16.9 Å². The number of thioether (sulfide) groups is 1. The number of carbonyl (C=O) groups excluding carboxylic acids is 3. The van der Waals surface area contributed by atoms with Crippen LogP contribution in [0, 0.1) is 5.92 Å². The molecule has 1 unspecified atom stereocenters. The average molecular weight is 496 g/mol. The summed E-state index contributed by atoms with van der Waals surface area (Å²) in [7, 11) is 1.62. The monoisotopic (exact) mass is 495 g/mol. The van der Waals surface area contributed by atoms with E-state index >= 15 is 0 Å². The molecule has 2 N–H and O–H groups in total. The predicted molar refractivity (Wildman–Crippen MR) is 137 cm³/mol. The van der Waals surface area contributed by atoms with Crippen LogP contribution in [0.4, 0.5) is 0 Å². The Kier molecular flexibility index (Phi) is 7.12. The van der Waals surface area contributed by atoms with Gasteiger partial charge in [0.1, 0.15) is 23.2 Å². The quantitative estimate of drug-likeness (QED) is 0.585. The number of amides is 3. The van der Waals surface area contributed by atoms with E-state index in [0.29, 0.717) is 18.5 Å². The van der Waals surface area contributed by atoms with E-state index in [0.717, 1.165) is 16.9 Å². The molecule has 35 heavy (non-hydrogen) atoms. The number of fused-ring (bicyclic) bond motifs is 3. The average Bonchev–Trinajstić information content (AvgIpc) is 3.26. The van der Waals surface area contributed by atoms with E-state index in [1.807, 2.05) is 76.2 Å². The first-order chi connectivity index (χ1) is 16.6. The van der Waals surface area contributed by atoms with E-state index in [9.17, 15) is 14.4 Å². The normalized spacial score (nSPS) is 20.9. The number of ether oxygens (including phenoxy) is 1. The highest BCUT2D eigenvalue weighted by Gasteiger charge is 2.57. The van der Waals surface area contributed by atoms with Crippen molar-refractivity contribution in [3.05, 3.63) is 65.2 Å². The van der Waals surface area contributed by atoms with Crippen LogP contribution in [-0.4, -0.2) is 53.1 Å². The minimum Gasteiger partial charge on any atom is -0.497 e.